The van der Waals surface area contributed by atoms with Gasteiger partial charge in [-0.2, -0.15) is 0 Å². The second-order valence-corrected chi connectivity index (χ2v) is 3.85. The van der Waals surface area contributed by atoms with Crippen molar-refractivity contribution in [1.29, 1.82) is 0 Å². The lowest BCUT2D eigenvalue weighted by Crippen LogP contribution is -1.95. The van der Waals surface area contributed by atoms with Crippen LogP contribution in [0.15, 0.2) is 10.5 Å². The van der Waals surface area contributed by atoms with Gasteiger partial charge in [-0.1, -0.05) is 0 Å². The van der Waals surface area contributed by atoms with Crippen molar-refractivity contribution >= 4 is 38.5 Å². The van der Waals surface area contributed by atoms with Gasteiger partial charge in [0.25, 0.3) is 5.88 Å². The minimum Gasteiger partial charge on any atom is -0.491 e. The summed E-state index contributed by atoms with van der Waals surface area (Å²) in [6.07, 6.45) is 0. The van der Waals surface area contributed by atoms with E-state index < -0.39 is 0 Å². The molecule has 3 nitrogen and oxygen atoms in total. The Balaban J connectivity index is 3.19. The molecule has 0 bridgehead atoms. The van der Waals surface area contributed by atoms with Gasteiger partial charge in [0.1, 0.15) is 3.70 Å². The van der Waals surface area contributed by atoms with E-state index in [1.54, 1.807) is 14.2 Å². The van der Waals surface area contributed by atoms with Gasteiger partial charge >= 0.3 is 0 Å². The zero-order valence-electron chi connectivity index (χ0n) is 6.60. The van der Waals surface area contributed by atoms with Crippen molar-refractivity contribution in [3.63, 3.8) is 0 Å². The highest BCUT2D eigenvalue weighted by Gasteiger charge is 2.08. The molecule has 1 aromatic rings. The molecular weight excluding hydrogens is 337 g/mol. The maximum atomic E-state index is 5.05. The molecule has 1 rings (SSSR count). The fraction of sp³-hybridized carbons (Fsp3) is 0.286. The van der Waals surface area contributed by atoms with Gasteiger partial charge < -0.3 is 9.47 Å². The highest BCUT2D eigenvalue weighted by atomic mass is 127. The largest absolute Gasteiger partial charge is 0.491 e. The Morgan fingerprint density at radius 3 is 2.58 bits per heavy atom. The van der Waals surface area contributed by atoms with E-state index in [4.69, 9.17) is 9.47 Å². The number of pyridine rings is 1. The molecule has 0 fully saturated rings. The molecule has 0 aliphatic heterocycles. The average Bonchev–Trinajstić information content (AvgIpc) is 2.09. The third-order valence-electron chi connectivity index (χ3n) is 1.28. The Bertz CT molecular complexity index is 264. The van der Waals surface area contributed by atoms with E-state index in [1.807, 2.05) is 6.07 Å². The predicted molar refractivity (Wildman–Crippen MR) is 57.8 cm³/mol. The molecule has 1 aromatic heterocycles. The summed E-state index contributed by atoms with van der Waals surface area (Å²) in [7, 11) is 3.15. The van der Waals surface area contributed by atoms with Crippen molar-refractivity contribution < 1.29 is 9.47 Å². The number of nitrogens with zero attached hydrogens (tertiary/aromatic N) is 1. The van der Waals surface area contributed by atoms with Crippen LogP contribution >= 0.6 is 38.5 Å². The summed E-state index contributed by atoms with van der Waals surface area (Å²) < 4.78 is 11.8. The number of methoxy groups -OCH3 is 2. The van der Waals surface area contributed by atoms with E-state index in [9.17, 15) is 0 Å². The smallest absolute Gasteiger partial charge is 0.257 e. The minimum absolute atomic E-state index is 0.505. The fourth-order valence-electron chi connectivity index (χ4n) is 0.727. The molecule has 0 N–H and O–H groups in total. The lowest BCUT2D eigenvalue weighted by atomic mass is 10.4. The molecule has 0 radical (unpaired) electrons. The number of halogens is 2. The monoisotopic (exact) mass is 343 g/mol. The van der Waals surface area contributed by atoms with E-state index in [2.05, 4.69) is 43.5 Å². The van der Waals surface area contributed by atoms with Gasteiger partial charge in [-0.15, -0.1) is 0 Å². The molecule has 0 aliphatic carbocycles. The summed E-state index contributed by atoms with van der Waals surface area (Å²) in [5.41, 5.74) is 0. The van der Waals surface area contributed by atoms with Crippen molar-refractivity contribution in [3.8, 4) is 11.6 Å². The van der Waals surface area contributed by atoms with Crippen LogP contribution < -0.4 is 9.47 Å². The van der Waals surface area contributed by atoms with Crippen molar-refractivity contribution in [2.45, 2.75) is 0 Å². The topological polar surface area (TPSA) is 31.4 Å². The lowest BCUT2D eigenvalue weighted by molar-refractivity contribution is 0.342. The average molecular weight is 344 g/mol. The second kappa shape index (κ2) is 4.27. The van der Waals surface area contributed by atoms with Crippen molar-refractivity contribution in [1.82, 2.24) is 4.98 Å². The van der Waals surface area contributed by atoms with E-state index in [1.165, 1.54) is 0 Å². The van der Waals surface area contributed by atoms with Crippen LogP contribution in [0.1, 0.15) is 0 Å². The van der Waals surface area contributed by atoms with Gasteiger partial charge in [-0.25, -0.2) is 4.98 Å². The number of hydrogen-bond acceptors (Lipinski definition) is 3. The van der Waals surface area contributed by atoms with Gasteiger partial charge in [-0.3, -0.25) is 0 Å². The summed E-state index contributed by atoms with van der Waals surface area (Å²) in [5.74, 6) is 1.13. The van der Waals surface area contributed by atoms with Crippen LogP contribution in [0.3, 0.4) is 0 Å². The molecule has 0 spiro atoms. The first-order valence-electron chi connectivity index (χ1n) is 3.13. The fourth-order valence-corrected chi connectivity index (χ4v) is 1.40. The molecule has 0 amide bonds. The first kappa shape index (κ1) is 10.0. The first-order valence-corrected chi connectivity index (χ1v) is 5.00. The molecule has 5 heteroatoms. The molecule has 0 saturated heterocycles. The molecule has 0 unspecified atom stereocenters. The molecule has 12 heavy (non-hydrogen) atoms. The van der Waals surface area contributed by atoms with Crippen LogP contribution in [0, 0.1) is 3.70 Å². The third kappa shape index (κ3) is 2.01. The maximum absolute atomic E-state index is 5.05. The summed E-state index contributed by atoms with van der Waals surface area (Å²) >= 11 is 5.46. The Labute approximate surface area is 92.7 Å². The van der Waals surface area contributed by atoms with Crippen molar-refractivity contribution in [2.75, 3.05) is 14.2 Å². The summed E-state index contributed by atoms with van der Waals surface area (Å²) in [4.78, 5) is 4.15. The Morgan fingerprint density at radius 1 is 1.42 bits per heavy atom. The first-order chi connectivity index (χ1) is 5.69. The summed E-state index contributed by atoms with van der Waals surface area (Å²) in [6, 6.07) is 1.83. The summed E-state index contributed by atoms with van der Waals surface area (Å²) in [5, 5.41) is 0. The molecule has 0 aromatic carbocycles. The van der Waals surface area contributed by atoms with Crippen LogP contribution in [0.5, 0.6) is 11.6 Å². The standard InChI is InChI=1S/C7H7BrINO2/c1-11-5-3-4(8)6(9)10-7(5)12-2/h3H,1-2H3. The normalized spacial score (nSPS) is 9.67. The molecule has 0 aliphatic rings. The number of aromatic nitrogens is 1. The van der Waals surface area contributed by atoms with Gasteiger partial charge in [0.15, 0.2) is 5.75 Å². The highest BCUT2D eigenvalue weighted by molar-refractivity contribution is 14.1. The lowest BCUT2D eigenvalue weighted by Gasteiger charge is -2.06. The minimum atomic E-state index is 0.505. The highest BCUT2D eigenvalue weighted by Crippen LogP contribution is 2.30. The zero-order chi connectivity index (χ0) is 9.14. The molecule has 66 valence electrons. The van der Waals surface area contributed by atoms with Crippen molar-refractivity contribution in [2.24, 2.45) is 0 Å². The molecular formula is C7H7BrINO2. The van der Waals surface area contributed by atoms with Gasteiger partial charge in [-0.05, 0) is 38.5 Å². The quantitative estimate of drug-likeness (QED) is 0.610. The predicted octanol–water partition coefficient (Wildman–Crippen LogP) is 2.47. The van der Waals surface area contributed by atoms with E-state index >= 15 is 0 Å². The molecule has 0 atom stereocenters. The maximum Gasteiger partial charge on any atom is 0.257 e. The Morgan fingerprint density at radius 2 is 2.08 bits per heavy atom. The number of hydrogen-bond donors (Lipinski definition) is 0. The Hall–Kier alpha value is -0.0400. The van der Waals surface area contributed by atoms with Crippen LogP contribution in [0.2, 0.25) is 0 Å². The Kier molecular flexibility index (Phi) is 3.57. The van der Waals surface area contributed by atoms with Crippen LogP contribution in [0.4, 0.5) is 0 Å². The van der Waals surface area contributed by atoms with Gasteiger partial charge in [0.05, 0.1) is 18.7 Å². The van der Waals surface area contributed by atoms with Gasteiger partial charge in [0.2, 0.25) is 0 Å². The van der Waals surface area contributed by atoms with Gasteiger partial charge in [0, 0.05) is 6.07 Å². The van der Waals surface area contributed by atoms with E-state index in [-0.39, 0.29) is 0 Å². The zero-order valence-corrected chi connectivity index (χ0v) is 10.3. The number of ether oxygens (including phenoxy) is 2. The van der Waals surface area contributed by atoms with Crippen LogP contribution in [-0.4, -0.2) is 19.2 Å². The van der Waals surface area contributed by atoms with Crippen molar-refractivity contribution in [3.05, 3.63) is 14.2 Å². The van der Waals surface area contributed by atoms with Crippen LogP contribution in [0.25, 0.3) is 0 Å². The molecule has 0 saturated carbocycles. The van der Waals surface area contributed by atoms with E-state index in [0.29, 0.717) is 11.6 Å². The SMILES string of the molecule is COc1cc(Br)c(I)nc1OC. The number of rotatable bonds is 2. The third-order valence-corrected chi connectivity index (χ3v) is 3.45. The van der Waals surface area contributed by atoms with Crippen LogP contribution in [-0.2, 0) is 0 Å². The van der Waals surface area contributed by atoms with E-state index in [0.717, 1.165) is 8.17 Å². The summed E-state index contributed by atoms with van der Waals surface area (Å²) in [6.45, 7) is 0. The molecule has 1 heterocycles. The second-order valence-electron chi connectivity index (χ2n) is 1.97.